The van der Waals surface area contributed by atoms with Crippen molar-refractivity contribution in [1.29, 1.82) is 5.26 Å². The van der Waals surface area contributed by atoms with Crippen LogP contribution in [-0.4, -0.2) is 26.6 Å². The van der Waals surface area contributed by atoms with Gasteiger partial charge in [0.2, 0.25) is 0 Å². The summed E-state index contributed by atoms with van der Waals surface area (Å²) in [6, 6.07) is 11.1. The molecule has 1 aromatic heterocycles. The Morgan fingerprint density at radius 2 is 2.14 bits per heavy atom. The second kappa shape index (κ2) is 6.95. The molecule has 0 saturated carbocycles. The van der Waals surface area contributed by atoms with Crippen molar-refractivity contribution in [2.24, 2.45) is 0 Å². The first kappa shape index (κ1) is 15.1. The zero-order valence-electron chi connectivity index (χ0n) is 11.6. The van der Waals surface area contributed by atoms with Crippen LogP contribution in [0.15, 0.2) is 35.4 Å². The van der Waals surface area contributed by atoms with E-state index in [0.717, 1.165) is 29.2 Å². The molecule has 1 heterocycles. The molecule has 0 aliphatic carbocycles. The Morgan fingerprint density at radius 1 is 1.43 bits per heavy atom. The van der Waals surface area contributed by atoms with E-state index in [1.807, 2.05) is 18.2 Å². The highest BCUT2D eigenvalue weighted by Gasteiger charge is 2.11. The summed E-state index contributed by atoms with van der Waals surface area (Å²) in [5.74, 6) is -0.863. The molecule has 0 aliphatic heterocycles. The molecule has 0 amide bonds. The second-order valence-corrected chi connectivity index (χ2v) is 5.47. The largest absolute Gasteiger partial charge is 0.481 e. The van der Waals surface area contributed by atoms with Crippen molar-refractivity contribution >= 4 is 17.7 Å². The van der Waals surface area contributed by atoms with Gasteiger partial charge in [0.25, 0.3) is 0 Å². The predicted octanol–water partition coefficient (Wildman–Crippen LogP) is 2.87. The van der Waals surface area contributed by atoms with Gasteiger partial charge in [-0.1, -0.05) is 25.1 Å². The molecule has 1 aromatic carbocycles. The molecular weight excluding hydrogens is 286 g/mol. The highest BCUT2D eigenvalue weighted by molar-refractivity contribution is 7.99. The Morgan fingerprint density at radius 3 is 2.71 bits per heavy atom. The minimum absolute atomic E-state index is 0.00641. The number of thioether (sulfide) groups is 1. The average molecular weight is 301 g/mol. The van der Waals surface area contributed by atoms with Crippen molar-refractivity contribution in [3.63, 3.8) is 0 Å². The lowest BCUT2D eigenvalue weighted by Gasteiger charge is -2.06. The topological polar surface area (TPSA) is 78.9 Å². The van der Waals surface area contributed by atoms with E-state index in [0.29, 0.717) is 5.56 Å². The fourth-order valence-corrected chi connectivity index (χ4v) is 2.65. The highest BCUT2D eigenvalue weighted by Crippen LogP contribution is 2.24. The lowest BCUT2D eigenvalue weighted by atomic mass is 10.2. The first-order valence-corrected chi connectivity index (χ1v) is 7.56. The van der Waals surface area contributed by atoms with Crippen LogP contribution in [0.1, 0.15) is 24.6 Å². The zero-order chi connectivity index (χ0) is 15.2. The highest BCUT2D eigenvalue weighted by atomic mass is 32.2. The van der Waals surface area contributed by atoms with Gasteiger partial charge >= 0.3 is 5.97 Å². The number of carbonyl (C=O) groups is 1. The molecule has 0 saturated heterocycles. The number of rotatable bonds is 6. The van der Waals surface area contributed by atoms with Crippen molar-refractivity contribution in [2.75, 3.05) is 5.75 Å². The molecule has 0 fully saturated rings. The van der Waals surface area contributed by atoms with Gasteiger partial charge in [0.1, 0.15) is 5.03 Å². The van der Waals surface area contributed by atoms with E-state index in [2.05, 4.69) is 18.1 Å². The molecular formula is C15H15N3O2S. The molecule has 0 radical (unpaired) electrons. The number of hydrogen-bond acceptors (Lipinski definition) is 4. The molecule has 2 aromatic rings. The summed E-state index contributed by atoms with van der Waals surface area (Å²) in [7, 11) is 0. The Hall–Kier alpha value is -2.26. The van der Waals surface area contributed by atoms with Crippen LogP contribution in [0.2, 0.25) is 0 Å². The SMILES string of the molecule is CCCc1cc(SCC(=O)O)n(-c2ccc(C#N)cc2)n1. The normalized spacial score (nSPS) is 10.3. The van der Waals surface area contributed by atoms with E-state index in [1.165, 1.54) is 11.8 Å². The number of aliphatic carboxylic acids is 1. The van der Waals surface area contributed by atoms with Gasteiger partial charge in [-0.15, -0.1) is 0 Å². The fourth-order valence-electron chi connectivity index (χ4n) is 1.89. The Bertz CT molecular complexity index is 671. The third-order valence-corrected chi connectivity index (χ3v) is 3.80. The lowest BCUT2D eigenvalue weighted by Crippen LogP contribution is -2.02. The van der Waals surface area contributed by atoms with Crippen LogP contribution in [0.5, 0.6) is 0 Å². The quantitative estimate of drug-likeness (QED) is 0.830. The number of carboxylic acid groups (broad SMARTS) is 1. The maximum atomic E-state index is 10.7. The number of benzene rings is 1. The standard InChI is InChI=1S/C15H15N3O2S/c1-2-3-12-8-14(21-10-15(19)20)18(17-12)13-6-4-11(9-16)5-7-13/h4-8H,2-3,10H2,1H3,(H,19,20). The molecule has 0 unspecified atom stereocenters. The summed E-state index contributed by atoms with van der Waals surface area (Å²) in [5, 5.41) is 23.0. The van der Waals surface area contributed by atoms with Gasteiger partial charge in [-0.3, -0.25) is 4.79 Å². The number of carboxylic acids is 1. The van der Waals surface area contributed by atoms with Gasteiger partial charge in [0.05, 0.1) is 28.8 Å². The summed E-state index contributed by atoms with van der Waals surface area (Å²) in [5.41, 5.74) is 2.35. The van der Waals surface area contributed by atoms with Crippen molar-refractivity contribution in [3.8, 4) is 11.8 Å². The molecule has 0 bridgehead atoms. The minimum atomic E-state index is -0.857. The summed E-state index contributed by atoms with van der Waals surface area (Å²) in [6.45, 7) is 2.07. The van der Waals surface area contributed by atoms with Crippen molar-refractivity contribution in [2.45, 2.75) is 24.8 Å². The van der Waals surface area contributed by atoms with E-state index in [1.54, 1.807) is 16.8 Å². The van der Waals surface area contributed by atoms with Gasteiger partial charge in [-0.25, -0.2) is 4.68 Å². The van der Waals surface area contributed by atoms with E-state index in [4.69, 9.17) is 10.4 Å². The van der Waals surface area contributed by atoms with Crippen LogP contribution in [0.3, 0.4) is 0 Å². The monoisotopic (exact) mass is 301 g/mol. The Balaban J connectivity index is 2.34. The van der Waals surface area contributed by atoms with Crippen molar-refractivity contribution in [1.82, 2.24) is 9.78 Å². The molecule has 0 atom stereocenters. The van der Waals surface area contributed by atoms with Crippen LogP contribution >= 0.6 is 11.8 Å². The first-order valence-electron chi connectivity index (χ1n) is 6.58. The van der Waals surface area contributed by atoms with Crippen molar-refractivity contribution in [3.05, 3.63) is 41.6 Å². The van der Waals surface area contributed by atoms with Gasteiger partial charge in [-0.2, -0.15) is 10.4 Å². The third kappa shape index (κ3) is 3.86. The summed E-state index contributed by atoms with van der Waals surface area (Å²) >= 11 is 1.24. The number of hydrogen-bond donors (Lipinski definition) is 1. The molecule has 21 heavy (non-hydrogen) atoms. The Kier molecular flexibility index (Phi) is 5.01. The van der Waals surface area contributed by atoms with E-state index in [9.17, 15) is 4.79 Å². The van der Waals surface area contributed by atoms with Crippen molar-refractivity contribution < 1.29 is 9.90 Å². The summed E-state index contributed by atoms with van der Waals surface area (Å²) in [4.78, 5) is 10.7. The van der Waals surface area contributed by atoms with E-state index in [-0.39, 0.29) is 5.75 Å². The predicted molar refractivity (Wildman–Crippen MR) is 80.6 cm³/mol. The lowest BCUT2D eigenvalue weighted by molar-refractivity contribution is -0.133. The smallest absolute Gasteiger partial charge is 0.313 e. The minimum Gasteiger partial charge on any atom is -0.481 e. The number of aryl methyl sites for hydroxylation is 1. The molecule has 6 heteroatoms. The molecule has 0 spiro atoms. The van der Waals surface area contributed by atoms with Crippen LogP contribution in [-0.2, 0) is 11.2 Å². The zero-order valence-corrected chi connectivity index (χ0v) is 12.4. The van der Waals surface area contributed by atoms with Crippen LogP contribution in [0.25, 0.3) is 5.69 Å². The maximum absolute atomic E-state index is 10.7. The molecule has 5 nitrogen and oxygen atoms in total. The maximum Gasteiger partial charge on any atom is 0.313 e. The van der Waals surface area contributed by atoms with Crippen LogP contribution < -0.4 is 0 Å². The van der Waals surface area contributed by atoms with E-state index < -0.39 is 5.97 Å². The van der Waals surface area contributed by atoms with Gasteiger partial charge < -0.3 is 5.11 Å². The van der Waals surface area contributed by atoms with Gasteiger partial charge in [0.15, 0.2) is 0 Å². The van der Waals surface area contributed by atoms with Gasteiger partial charge in [-0.05, 0) is 36.8 Å². The number of nitrogens with zero attached hydrogens (tertiary/aromatic N) is 3. The molecule has 108 valence electrons. The summed E-state index contributed by atoms with van der Waals surface area (Å²) < 4.78 is 1.74. The fraction of sp³-hybridized carbons (Fsp3) is 0.267. The van der Waals surface area contributed by atoms with Crippen LogP contribution in [0.4, 0.5) is 0 Å². The first-order chi connectivity index (χ1) is 10.1. The molecule has 0 aliphatic rings. The van der Waals surface area contributed by atoms with Gasteiger partial charge in [0, 0.05) is 0 Å². The third-order valence-electron chi connectivity index (χ3n) is 2.82. The van der Waals surface area contributed by atoms with E-state index >= 15 is 0 Å². The summed E-state index contributed by atoms with van der Waals surface area (Å²) in [6.07, 6.45) is 1.83. The average Bonchev–Trinajstić information content (AvgIpc) is 2.88. The molecule has 2 rings (SSSR count). The molecule has 1 N–H and O–H groups in total. The number of nitriles is 1. The second-order valence-electron chi connectivity index (χ2n) is 4.48. The Labute approximate surface area is 127 Å². The number of aromatic nitrogens is 2. The van der Waals surface area contributed by atoms with Crippen LogP contribution in [0, 0.1) is 11.3 Å².